The van der Waals surface area contributed by atoms with Gasteiger partial charge in [0.25, 0.3) is 5.91 Å². The molecule has 0 aliphatic heterocycles. The minimum atomic E-state index is -3.28. The van der Waals surface area contributed by atoms with Gasteiger partial charge in [-0.1, -0.05) is 109 Å². The standard InChI is InChI=1S/C27H24NO2P/c1-28(26(29)22-14-6-2-7-15-22)27(23-16-8-3-9-17-23)31(30,24-18-10-4-11-19-24)25-20-12-5-13-21-25/h2-21,27H,1H3. The highest BCUT2D eigenvalue weighted by molar-refractivity contribution is 7.79. The molecule has 0 spiro atoms. The first-order chi connectivity index (χ1) is 15.1. The molecule has 0 heterocycles. The molecule has 4 rings (SSSR count). The second kappa shape index (κ2) is 9.16. The Hall–Kier alpha value is -3.42. The molecule has 0 aliphatic carbocycles. The lowest BCUT2D eigenvalue weighted by atomic mass is 10.1. The second-order valence-corrected chi connectivity index (χ2v) is 10.2. The third-order valence-electron chi connectivity index (χ3n) is 5.43. The Morgan fingerprint density at radius 3 is 1.48 bits per heavy atom. The highest BCUT2D eigenvalue weighted by Gasteiger charge is 2.42. The molecular formula is C27H24NO2P. The molecule has 4 aromatic carbocycles. The van der Waals surface area contributed by atoms with Gasteiger partial charge >= 0.3 is 0 Å². The fourth-order valence-electron chi connectivity index (χ4n) is 3.93. The van der Waals surface area contributed by atoms with E-state index in [0.29, 0.717) is 5.56 Å². The lowest BCUT2D eigenvalue weighted by molar-refractivity contribution is 0.0775. The van der Waals surface area contributed by atoms with E-state index < -0.39 is 12.9 Å². The zero-order valence-electron chi connectivity index (χ0n) is 17.3. The summed E-state index contributed by atoms with van der Waals surface area (Å²) in [5.74, 6) is -0.812. The van der Waals surface area contributed by atoms with Crippen LogP contribution in [0.1, 0.15) is 21.7 Å². The van der Waals surface area contributed by atoms with Crippen LogP contribution in [0.3, 0.4) is 0 Å². The van der Waals surface area contributed by atoms with Crippen molar-refractivity contribution in [1.29, 1.82) is 0 Å². The molecule has 1 atom stereocenters. The Kier molecular flexibility index (Phi) is 6.16. The number of carbonyl (C=O) groups excluding carboxylic acids is 1. The summed E-state index contributed by atoms with van der Waals surface area (Å²) in [5, 5.41) is 1.45. The number of carbonyl (C=O) groups is 1. The van der Waals surface area contributed by atoms with Crippen LogP contribution < -0.4 is 10.6 Å². The number of amides is 1. The van der Waals surface area contributed by atoms with Gasteiger partial charge in [0.15, 0.2) is 7.14 Å². The molecule has 4 heteroatoms. The average Bonchev–Trinajstić information content (AvgIpc) is 2.85. The molecule has 0 saturated heterocycles. The molecule has 1 amide bonds. The Morgan fingerprint density at radius 2 is 1.03 bits per heavy atom. The van der Waals surface area contributed by atoms with Gasteiger partial charge in [-0.2, -0.15) is 0 Å². The number of benzene rings is 4. The van der Waals surface area contributed by atoms with E-state index in [1.165, 1.54) is 0 Å². The quantitative estimate of drug-likeness (QED) is 0.384. The van der Waals surface area contributed by atoms with Gasteiger partial charge < -0.3 is 9.46 Å². The fraction of sp³-hybridized carbons (Fsp3) is 0.0741. The largest absolute Gasteiger partial charge is 0.327 e. The Bertz CT molecular complexity index is 1140. The van der Waals surface area contributed by atoms with Crippen molar-refractivity contribution in [3.8, 4) is 0 Å². The van der Waals surface area contributed by atoms with Gasteiger partial charge in [-0.15, -0.1) is 0 Å². The van der Waals surface area contributed by atoms with Crippen LogP contribution in [-0.2, 0) is 4.57 Å². The number of hydrogen-bond acceptors (Lipinski definition) is 2. The molecular weight excluding hydrogens is 401 g/mol. The summed E-state index contributed by atoms with van der Waals surface area (Å²) in [5.41, 5.74) is 1.41. The van der Waals surface area contributed by atoms with Gasteiger partial charge in [0.05, 0.1) is 0 Å². The first-order valence-corrected chi connectivity index (χ1v) is 12.0. The lowest BCUT2D eigenvalue weighted by Crippen LogP contribution is -2.36. The first-order valence-electron chi connectivity index (χ1n) is 10.2. The summed E-state index contributed by atoms with van der Waals surface area (Å²) in [6.45, 7) is 0. The van der Waals surface area contributed by atoms with Crippen LogP contribution in [0.25, 0.3) is 0 Å². The topological polar surface area (TPSA) is 37.4 Å². The van der Waals surface area contributed by atoms with E-state index in [1.807, 2.05) is 109 Å². The lowest BCUT2D eigenvalue weighted by Gasteiger charge is -2.36. The van der Waals surface area contributed by atoms with Gasteiger partial charge in [0.2, 0.25) is 0 Å². The Labute approximate surface area is 183 Å². The van der Waals surface area contributed by atoms with Crippen molar-refractivity contribution in [3.63, 3.8) is 0 Å². The maximum atomic E-state index is 15.1. The van der Waals surface area contributed by atoms with Crippen molar-refractivity contribution in [2.24, 2.45) is 0 Å². The molecule has 0 radical (unpaired) electrons. The van der Waals surface area contributed by atoms with Crippen molar-refractivity contribution in [3.05, 3.63) is 132 Å². The summed E-state index contributed by atoms with van der Waals surface area (Å²) in [6.07, 6.45) is 0. The monoisotopic (exact) mass is 425 g/mol. The minimum Gasteiger partial charge on any atom is -0.327 e. The third-order valence-corrected chi connectivity index (χ3v) is 8.89. The molecule has 0 aliphatic rings. The summed E-state index contributed by atoms with van der Waals surface area (Å²) < 4.78 is 15.1. The maximum Gasteiger partial charge on any atom is 0.254 e. The van der Waals surface area contributed by atoms with E-state index in [-0.39, 0.29) is 5.91 Å². The van der Waals surface area contributed by atoms with Gasteiger partial charge in [-0.05, 0) is 17.7 Å². The summed E-state index contributed by atoms with van der Waals surface area (Å²) in [4.78, 5) is 15.1. The molecule has 0 N–H and O–H groups in total. The van der Waals surface area contributed by atoms with E-state index in [0.717, 1.165) is 16.2 Å². The van der Waals surface area contributed by atoms with Crippen molar-refractivity contribution < 1.29 is 9.36 Å². The zero-order chi connectivity index (χ0) is 21.7. The highest BCUT2D eigenvalue weighted by atomic mass is 31.2. The molecule has 0 saturated carbocycles. The van der Waals surface area contributed by atoms with Gasteiger partial charge in [0, 0.05) is 23.2 Å². The van der Waals surface area contributed by atoms with E-state index in [2.05, 4.69) is 0 Å². The van der Waals surface area contributed by atoms with E-state index in [1.54, 1.807) is 24.1 Å². The first kappa shape index (κ1) is 20.8. The van der Waals surface area contributed by atoms with Crippen LogP contribution in [-0.4, -0.2) is 17.9 Å². The van der Waals surface area contributed by atoms with Gasteiger partial charge in [0.1, 0.15) is 5.78 Å². The molecule has 154 valence electrons. The Balaban J connectivity index is 1.94. The molecule has 0 fully saturated rings. The van der Waals surface area contributed by atoms with Gasteiger partial charge in [-0.25, -0.2) is 0 Å². The molecule has 0 aromatic heterocycles. The van der Waals surface area contributed by atoms with Crippen LogP contribution in [0.15, 0.2) is 121 Å². The minimum absolute atomic E-state index is 0.165. The van der Waals surface area contributed by atoms with Crippen molar-refractivity contribution >= 4 is 23.7 Å². The van der Waals surface area contributed by atoms with E-state index in [4.69, 9.17) is 0 Å². The normalized spacial score (nSPS) is 12.2. The number of rotatable bonds is 6. The van der Waals surface area contributed by atoms with Crippen LogP contribution in [0, 0.1) is 0 Å². The number of hydrogen-bond donors (Lipinski definition) is 0. The summed E-state index contributed by atoms with van der Waals surface area (Å²) in [7, 11) is -1.54. The molecule has 31 heavy (non-hydrogen) atoms. The van der Waals surface area contributed by atoms with Crippen molar-refractivity contribution in [2.75, 3.05) is 7.05 Å². The second-order valence-electron chi connectivity index (χ2n) is 7.40. The van der Waals surface area contributed by atoms with Crippen LogP contribution in [0.5, 0.6) is 0 Å². The van der Waals surface area contributed by atoms with E-state index in [9.17, 15) is 4.79 Å². The van der Waals surface area contributed by atoms with Crippen molar-refractivity contribution in [1.82, 2.24) is 4.90 Å². The summed E-state index contributed by atoms with van der Waals surface area (Å²) >= 11 is 0. The van der Waals surface area contributed by atoms with Crippen LogP contribution in [0.4, 0.5) is 0 Å². The maximum absolute atomic E-state index is 15.1. The molecule has 3 nitrogen and oxygen atoms in total. The summed E-state index contributed by atoms with van der Waals surface area (Å²) in [6, 6.07) is 37.8. The van der Waals surface area contributed by atoms with Crippen LogP contribution >= 0.6 is 7.14 Å². The number of nitrogens with zero attached hydrogens (tertiary/aromatic N) is 1. The van der Waals surface area contributed by atoms with Gasteiger partial charge in [-0.3, -0.25) is 4.79 Å². The zero-order valence-corrected chi connectivity index (χ0v) is 18.2. The molecule has 4 aromatic rings. The van der Waals surface area contributed by atoms with Crippen molar-refractivity contribution in [2.45, 2.75) is 5.78 Å². The Morgan fingerprint density at radius 1 is 0.645 bits per heavy atom. The predicted molar refractivity (Wildman–Crippen MR) is 127 cm³/mol. The predicted octanol–water partition coefficient (Wildman–Crippen LogP) is 5.47. The van der Waals surface area contributed by atoms with Crippen LogP contribution in [0.2, 0.25) is 0 Å². The SMILES string of the molecule is CN(C(=O)c1ccccc1)C(c1ccccc1)P(=O)(c1ccccc1)c1ccccc1. The molecule has 0 bridgehead atoms. The molecule has 1 unspecified atom stereocenters. The smallest absolute Gasteiger partial charge is 0.254 e. The third kappa shape index (κ3) is 4.10. The fourth-order valence-corrected chi connectivity index (χ4v) is 7.21. The highest BCUT2D eigenvalue weighted by Crippen LogP contribution is 2.58. The average molecular weight is 425 g/mol. The van der Waals surface area contributed by atoms with E-state index >= 15 is 4.57 Å².